The normalized spacial score (nSPS) is 24.6. The van der Waals surface area contributed by atoms with E-state index in [-0.39, 0.29) is 6.04 Å². The van der Waals surface area contributed by atoms with E-state index >= 15 is 0 Å². The van der Waals surface area contributed by atoms with E-state index in [2.05, 4.69) is 18.3 Å². The minimum atomic E-state index is 0.0671. The molecule has 1 atom stereocenters. The number of hydrogen-bond donors (Lipinski definition) is 2. The summed E-state index contributed by atoms with van der Waals surface area (Å²) in [5, 5.41) is 0. The molecule has 0 aromatic heterocycles. The number of terminal acetylenes is 1. The summed E-state index contributed by atoms with van der Waals surface area (Å²) in [5.74, 6) is 7.83. The Bertz CT molecular complexity index is 141. The molecule has 0 aliphatic heterocycles. The van der Waals surface area contributed by atoms with Gasteiger partial charge in [0.1, 0.15) is 0 Å². The highest BCUT2D eigenvalue weighted by atomic mass is 15.2. The van der Waals surface area contributed by atoms with Gasteiger partial charge in [-0.2, -0.15) is 0 Å². The third kappa shape index (κ3) is 1.07. The third-order valence-electron chi connectivity index (χ3n) is 2.07. The maximum atomic E-state index is 5.22. The summed E-state index contributed by atoms with van der Waals surface area (Å²) in [6, 6.07) is 0.0671. The second-order valence-corrected chi connectivity index (χ2v) is 2.92. The van der Waals surface area contributed by atoms with Crippen LogP contribution in [-0.4, -0.2) is 6.04 Å². The number of hydrazine groups is 1. The summed E-state index contributed by atoms with van der Waals surface area (Å²) in [6.45, 7) is 2.15. The first-order valence-corrected chi connectivity index (χ1v) is 3.15. The van der Waals surface area contributed by atoms with Gasteiger partial charge in [-0.25, -0.2) is 5.43 Å². The molecular formula is C7H12N2. The van der Waals surface area contributed by atoms with E-state index in [1.54, 1.807) is 0 Å². The van der Waals surface area contributed by atoms with Gasteiger partial charge in [-0.3, -0.25) is 5.84 Å². The fourth-order valence-corrected chi connectivity index (χ4v) is 0.936. The van der Waals surface area contributed by atoms with Crippen molar-refractivity contribution >= 4 is 0 Å². The van der Waals surface area contributed by atoms with Crippen molar-refractivity contribution in [1.82, 2.24) is 5.43 Å². The van der Waals surface area contributed by atoms with Gasteiger partial charge >= 0.3 is 0 Å². The molecule has 0 amide bonds. The van der Waals surface area contributed by atoms with Crippen LogP contribution in [0.25, 0.3) is 0 Å². The molecule has 1 rings (SSSR count). The van der Waals surface area contributed by atoms with Crippen molar-refractivity contribution in [3.63, 3.8) is 0 Å². The average Bonchev–Trinajstić information content (AvgIpc) is 2.52. The summed E-state index contributed by atoms with van der Waals surface area (Å²) >= 11 is 0. The Balaban J connectivity index is 2.50. The predicted octanol–water partition coefficient (Wildman–Crippen LogP) is 0.252. The Labute approximate surface area is 55.8 Å². The first-order valence-electron chi connectivity index (χ1n) is 3.15. The molecule has 1 aliphatic rings. The standard InChI is InChI=1S/C7H12N2/c1-3-6(9-8)7(2)4-5-7/h1,6,9H,4-5,8H2,2H3. The average molecular weight is 124 g/mol. The molecule has 9 heavy (non-hydrogen) atoms. The van der Waals surface area contributed by atoms with E-state index < -0.39 is 0 Å². The monoisotopic (exact) mass is 124 g/mol. The van der Waals surface area contributed by atoms with Crippen molar-refractivity contribution in [2.24, 2.45) is 11.3 Å². The van der Waals surface area contributed by atoms with E-state index in [0.717, 1.165) is 0 Å². The molecule has 0 radical (unpaired) electrons. The molecule has 0 spiro atoms. The number of nitrogens with one attached hydrogen (secondary N) is 1. The lowest BCUT2D eigenvalue weighted by molar-refractivity contribution is 0.436. The van der Waals surface area contributed by atoms with Crippen LogP contribution in [0.1, 0.15) is 19.8 Å². The minimum absolute atomic E-state index is 0.0671. The topological polar surface area (TPSA) is 38.0 Å². The Morgan fingerprint density at radius 3 is 2.44 bits per heavy atom. The van der Waals surface area contributed by atoms with Gasteiger partial charge in [0.25, 0.3) is 0 Å². The van der Waals surface area contributed by atoms with Gasteiger partial charge in [0.2, 0.25) is 0 Å². The third-order valence-corrected chi connectivity index (χ3v) is 2.07. The van der Waals surface area contributed by atoms with Crippen molar-refractivity contribution in [2.75, 3.05) is 0 Å². The molecule has 2 nitrogen and oxygen atoms in total. The number of nitrogens with two attached hydrogens (primary N) is 1. The zero-order valence-electron chi connectivity index (χ0n) is 5.65. The molecule has 2 heteroatoms. The van der Waals surface area contributed by atoms with Crippen LogP contribution in [0.2, 0.25) is 0 Å². The summed E-state index contributed by atoms with van der Waals surface area (Å²) in [5.41, 5.74) is 2.91. The van der Waals surface area contributed by atoms with Gasteiger partial charge in [-0.1, -0.05) is 12.8 Å². The Morgan fingerprint density at radius 2 is 2.33 bits per heavy atom. The molecule has 0 aromatic carbocycles. The molecule has 0 bridgehead atoms. The molecule has 0 heterocycles. The molecule has 1 unspecified atom stereocenters. The van der Waals surface area contributed by atoms with Gasteiger partial charge in [0, 0.05) is 0 Å². The molecule has 0 saturated heterocycles. The predicted molar refractivity (Wildman–Crippen MR) is 37.3 cm³/mol. The molecule has 1 fully saturated rings. The van der Waals surface area contributed by atoms with Crippen LogP contribution in [0.5, 0.6) is 0 Å². The number of hydrogen-bond acceptors (Lipinski definition) is 2. The fraction of sp³-hybridized carbons (Fsp3) is 0.714. The highest BCUT2D eigenvalue weighted by Gasteiger charge is 2.43. The first-order chi connectivity index (χ1) is 4.23. The lowest BCUT2D eigenvalue weighted by atomic mass is 10.0. The van der Waals surface area contributed by atoms with Crippen molar-refractivity contribution < 1.29 is 0 Å². The Hall–Kier alpha value is -0.520. The van der Waals surface area contributed by atoms with Crippen molar-refractivity contribution in [2.45, 2.75) is 25.8 Å². The molecule has 3 N–H and O–H groups in total. The van der Waals surface area contributed by atoms with E-state index in [4.69, 9.17) is 12.3 Å². The van der Waals surface area contributed by atoms with Crippen LogP contribution in [0, 0.1) is 17.8 Å². The lowest BCUT2D eigenvalue weighted by Crippen LogP contribution is -2.39. The lowest BCUT2D eigenvalue weighted by Gasteiger charge is -2.15. The SMILES string of the molecule is C#CC(NN)C1(C)CC1. The molecule has 1 aliphatic carbocycles. The van der Waals surface area contributed by atoms with Gasteiger partial charge in [-0.05, 0) is 18.3 Å². The maximum absolute atomic E-state index is 5.22. The largest absolute Gasteiger partial charge is 0.270 e. The van der Waals surface area contributed by atoms with Crippen LogP contribution in [0.4, 0.5) is 0 Å². The van der Waals surface area contributed by atoms with Crippen LogP contribution < -0.4 is 11.3 Å². The maximum Gasteiger partial charge on any atom is 0.0868 e. The molecule has 0 aromatic rings. The first kappa shape index (κ1) is 6.60. The number of rotatable bonds is 2. The highest BCUT2D eigenvalue weighted by molar-refractivity contribution is 5.12. The Kier molecular flexibility index (Phi) is 1.48. The van der Waals surface area contributed by atoms with Crippen molar-refractivity contribution in [3.05, 3.63) is 0 Å². The van der Waals surface area contributed by atoms with E-state index in [1.165, 1.54) is 12.8 Å². The quantitative estimate of drug-likeness (QED) is 0.314. The fourth-order valence-electron chi connectivity index (χ4n) is 0.936. The van der Waals surface area contributed by atoms with Crippen molar-refractivity contribution in [3.8, 4) is 12.3 Å². The van der Waals surface area contributed by atoms with Gasteiger partial charge in [0.15, 0.2) is 0 Å². The van der Waals surface area contributed by atoms with Crippen LogP contribution in [0.15, 0.2) is 0 Å². The zero-order chi connectivity index (χ0) is 6.91. The molecular weight excluding hydrogens is 112 g/mol. The highest BCUT2D eigenvalue weighted by Crippen LogP contribution is 2.47. The smallest absolute Gasteiger partial charge is 0.0868 e. The van der Waals surface area contributed by atoms with E-state index in [9.17, 15) is 0 Å². The zero-order valence-corrected chi connectivity index (χ0v) is 5.65. The summed E-state index contributed by atoms with van der Waals surface area (Å²) in [4.78, 5) is 0. The van der Waals surface area contributed by atoms with Gasteiger partial charge in [0.05, 0.1) is 6.04 Å². The summed E-state index contributed by atoms with van der Waals surface area (Å²) in [6.07, 6.45) is 7.62. The van der Waals surface area contributed by atoms with Gasteiger partial charge < -0.3 is 0 Å². The van der Waals surface area contributed by atoms with Crippen LogP contribution in [-0.2, 0) is 0 Å². The minimum Gasteiger partial charge on any atom is -0.270 e. The van der Waals surface area contributed by atoms with Crippen LogP contribution >= 0.6 is 0 Å². The second kappa shape index (κ2) is 2.02. The van der Waals surface area contributed by atoms with Gasteiger partial charge in [-0.15, -0.1) is 6.42 Å². The van der Waals surface area contributed by atoms with Crippen molar-refractivity contribution in [1.29, 1.82) is 0 Å². The Morgan fingerprint density at radius 1 is 1.78 bits per heavy atom. The van der Waals surface area contributed by atoms with E-state index in [1.807, 2.05) is 0 Å². The van der Waals surface area contributed by atoms with E-state index in [0.29, 0.717) is 5.41 Å². The summed E-state index contributed by atoms with van der Waals surface area (Å²) in [7, 11) is 0. The second-order valence-electron chi connectivity index (χ2n) is 2.92. The summed E-state index contributed by atoms with van der Waals surface area (Å²) < 4.78 is 0. The molecule has 1 saturated carbocycles. The molecule has 50 valence electrons. The van der Waals surface area contributed by atoms with Crippen LogP contribution in [0.3, 0.4) is 0 Å².